The topological polar surface area (TPSA) is 59.8 Å². The van der Waals surface area contributed by atoms with Gasteiger partial charge in [0.25, 0.3) is 0 Å². The van der Waals surface area contributed by atoms with Crippen molar-refractivity contribution in [3.8, 4) is 0 Å². The summed E-state index contributed by atoms with van der Waals surface area (Å²) in [6, 6.07) is 1.91. The van der Waals surface area contributed by atoms with E-state index in [0.717, 1.165) is 29.5 Å². The van der Waals surface area contributed by atoms with Crippen LogP contribution in [0.15, 0.2) is 18.3 Å². The van der Waals surface area contributed by atoms with Crippen LogP contribution in [0.5, 0.6) is 0 Å². The molecule has 5 nitrogen and oxygen atoms in total. The first-order valence-electron chi connectivity index (χ1n) is 9.06. The van der Waals surface area contributed by atoms with E-state index in [1.165, 1.54) is 0 Å². The van der Waals surface area contributed by atoms with Gasteiger partial charge in [0.1, 0.15) is 18.4 Å². The number of allylic oxidation sites excluding steroid dienone is 2. The highest BCUT2D eigenvalue weighted by Crippen LogP contribution is 2.42. The third kappa shape index (κ3) is 3.34. The third-order valence-corrected chi connectivity index (χ3v) is 6.95. The van der Waals surface area contributed by atoms with Crippen LogP contribution < -0.4 is 10.6 Å². The molecule has 2 aliphatic rings. The monoisotopic (exact) mass is 398 g/mol. The van der Waals surface area contributed by atoms with Crippen molar-refractivity contribution in [3.05, 3.63) is 24.0 Å². The maximum absolute atomic E-state index is 13.0. The molecule has 1 N–H and O–H groups in total. The molecule has 146 valence electrons. The maximum Gasteiger partial charge on any atom is 0.392 e. The van der Waals surface area contributed by atoms with Crippen molar-refractivity contribution in [2.75, 3.05) is 26.4 Å². The second-order valence-corrected chi connectivity index (χ2v) is 10.9. The van der Waals surface area contributed by atoms with Crippen LogP contribution in [0.4, 0.5) is 13.2 Å². The normalized spacial score (nSPS) is 22.0. The molecule has 1 unspecified atom stereocenters. The highest BCUT2D eigenvalue weighted by molar-refractivity contribution is 7.70. The van der Waals surface area contributed by atoms with E-state index < -0.39 is 19.2 Å². The zero-order chi connectivity index (χ0) is 19.4. The van der Waals surface area contributed by atoms with Gasteiger partial charge in [-0.25, -0.2) is 0 Å². The summed E-state index contributed by atoms with van der Waals surface area (Å²) in [5.41, 5.74) is 2.83. The van der Waals surface area contributed by atoms with Crippen LogP contribution >= 0.6 is 7.14 Å². The summed E-state index contributed by atoms with van der Waals surface area (Å²) in [6.07, 6.45) is -0.538. The molecule has 0 saturated carbocycles. The Morgan fingerprint density at radius 2 is 2.04 bits per heavy atom. The number of hydrogen-bond donors (Lipinski definition) is 1. The lowest BCUT2D eigenvalue weighted by atomic mass is 9.88. The minimum atomic E-state index is -4.16. The van der Waals surface area contributed by atoms with E-state index in [1.807, 2.05) is 4.68 Å². The number of hydrogen-bond acceptors (Lipinski definition) is 4. The molecule has 0 radical (unpaired) electrons. The predicted octanol–water partition coefficient (Wildman–Crippen LogP) is 3.57. The number of alkyl halides is 3. The summed E-state index contributed by atoms with van der Waals surface area (Å²) in [7, 11) is -2.56. The van der Waals surface area contributed by atoms with Crippen molar-refractivity contribution < 1.29 is 17.7 Å². The fourth-order valence-electron chi connectivity index (χ4n) is 3.76. The smallest absolute Gasteiger partial charge is 0.319 e. The summed E-state index contributed by atoms with van der Waals surface area (Å²) < 4.78 is 53.6. The fourth-order valence-corrected chi connectivity index (χ4v) is 4.90. The van der Waals surface area contributed by atoms with Crippen LogP contribution in [-0.2, 0) is 4.57 Å². The Kier molecular flexibility index (Phi) is 4.47. The highest BCUT2D eigenvalue weighted by Gasteiger charge is 2.40. The van der Waals surface area contributed by atoms with Gasteiger partial charge in [0.2, 0.25) is 0 Å². The number of nitrogens with zero attached hydrogens (tertiary/aromatic N) is 3. The quantitative estimate of drug-likeness (QED) is 0.804. The van der Waals surface area contributed by atoms with E-state index >= 15 is 0 Å². The second kappa shape index (κ2) is 6.45. The van der Waals surface area contributed by atoms with Crippen molar-refractivity contribution >= 4 is 29.1 Å². The first-order valence-corrected chi connectivity index (χ1v) is 11.7. The van der Waals surface area contributed by atoms with Crippen molar-refractivity contribution in [2.24, 2.45) is 5.92 Å². The molecule has 27 heavy (non-hydrogen) atoms. The van der Waals surface area contributed by atoms with Crippen LogP contribution in [0.25, 0.3) is 16.6 Å². The minimum absolute atomic E-state index is 0.0299. The molecule has 0 bridgehead atoms. The summed E-state index contributed by atoms with van der Waals surface area (Å²) in [5, 5.41) is 8.67. The first-order chi connectivity index (χ1) is 12.7. The second-order valence-electron chi connectivity index (χ2n) is 7.73. The van der Waals surface area contributed by atoms with Crippen LogP contribution in [0.3, 0.4) is 0 Å². The van der Waals surface area contributed by atoms with Gasteiger partial charge in [-0.2, -0.15) is 18.3 Å². The molecule has 0 aromatic carbocycles. The number of rotatable bonds is 3. The van der Waals surface area contributed by atoms with Crippen LogP contribution in [0.2, 0.25) is 0 Å². The molecule has 1 aliphatic heterocycles. The SMILES string of the molecule is CP(C)(=O)c1ccnc2c(C3=CCC(C(F)(F)F)CC3)nn(C3CNC3)c12. The molecule has 0 spiro atoms. The highest BCUT2D eigenvalue weighted by atomic mass is 31.2. The van der Waals surface area contributed by atoms with E-state index in [9.17, 15) is 17.7 Å². The molecule has 1 atom stereocenters. The van der Waals surface area contributed by atoms with E-state index in [4.69, 9.17) is 5.10 Å². The van der Waals surface area contributed by atoms with Gasteiger partial charge in [0.15, 0.2) is 0 Å². The van der Waals surface area contributed by atoms with Gasteiger partial charge in [-0.15, -0.1) is 0 Å². The fraction of sp³-hybridized carbons (Fsp3) is 0.556. The molecule has 9 heteroatoms. The summed E-state index contributed by atoms with van der Waals surface area (Å²) in [6.45, 7) is 4.95. The Morgan fingerprint density at radius 3 is 2.56 bits per heavy atom. The van der Waals surface area contributed by atoms with Crippen molar-refractivity contribution in [3.63, 3.8) is 0 Å². The molecule has 0 amide bonds. The average Bonchev–Trinajstić information content (AvgIpc) is 2.91. The van der Waals surface area contributed by atoms with E-state index in [-0.39, 0.29) is 18.9 Å². The van der Waals surface area contributed by atoms with Crippen LogP contribution in [0, 0.1) is 5.92 Å². The lowest BCUT2D eigenvalue weighted by Gasteiger charge is -2.28. The summed E-state index contributed by atoms with van der Waals surface area (Å²) >= 11 is 0. The van der Waals surface area contributed by atoms with Gasteiger partial charge in [-0.1, -0.05) is 6.08 Å². The number of pyridine rings is 1. The molecule has 1 saturated heterocycles. The molecule has 1 aliphatic carbocycles. The molecular weight excluding hydrogens is 376 g/mol. The Hall–Kier alpha value is -1.66. The van der Waals surface area contributed by atoms with Crippen molar-refractivity contribution in [1.82, 2.24) is 20.1 Å². The first kappa shape index (κ1) is 18.7. The van der Waals surface area contributed by atoms with Gasteiger partial charge in [0, 0.05) is 24.6 Å². The minimum Gasteiger partial charge on any atom is -0.319 e. The molecule has 1 fully saturated rings. The lowest BCUT2D eigenvalue weighted by Crippen LogP contribution is -2.44. The number of nitrogens with one attached hydrogen (secondary N) is 1. The predicted molar refractivity (Wildman–Crippen MR) is 99.9 cm³/mol. The van der Waals surface area contributed by atoms with Gasteiger partial charge in [0.05, 0.1) is 17.5 Å². The zero-order valence-electron chi connectivity index (χ0n) is 15.3. The van der Waals surface area contributed by atoms with Crippen molar-refractivity contribution in [2.45, 2.75) is 31.5 Å². The number of halogens is 3. The largest absolute Gasteiger partial charge is 0.392 e. The molecule has 3 heterocycles. The molecule has 4 rings (SSSR count). The standard InChI is InChI=1S/C18H22F3N4OP/c1-27(2,26)14-7-8-23-16-15(24-25(17(14)16)13-9-22-10-13)11-3-5-12(6-4-11)18(19,20)21/h3,7-8,12-13,22H,4-6,9-10H2,1-2H3. The lowest BCUT2D eigenvalue weighted by molar-refractivity contribution is -0.175. The number of fused-ring (bicyclic) bond motifs is 1. The van der Waals surface area contributed by atoms with Crippen LogP contribution in [-0.4, -0.2) is 47.4 Å². The Bertz CT molecular complexity index is 955. The van der Waals surface area contributed by atoms with E-state index in [0.29, 0.717) is 17.6 Å². The molecular formula is C18H22F3N4OP. The molecule has 2 aromatic heterocycles. The third-order valence-electron chi connectivity index (χ3n) is 5.43. The average molecular weight is 398 g/mol. The van der Waals surface area contributed by atoms with E-state index in [2.05, 4.69) is 10.3 Å². The maximum atomic E-state index is 13.0. The summed E-state index contributed by atoms with van der Waals surface area (Å²) in [4.78, 5) is 4.47. The Morgan fingerprint density at radius 1 is 1.30 bits per heavy atom. The zero-order valence-corrected chi connectivity index (χ0v) is 16.1. The van der Waals surface area contributed by atoms with Gasteiger partial charge in [-0.3, -0.25) is 9.67 Å². The number of aromatic nitrogens is 3. The van der Waals surface area contributed by atoms with Gasteiger partial charge < -0.3 is 9.88 Å². The van der Waals surface area contributed by atoms with Crippen molar-refractivity contribution in [1.29, 1.82) is 0 Å². The van der Waals surface area contributed by atoms with Gasteiger partial charge >= 0.3 is 6.18 Å². The van der Waals surface area contributed by atoms with Crippen LogP contribution in [0.1, 0.15) is 31.0 Å². The Balaban J connectivity index is 1.83. The van der Waals surface area contributed by atoms with E-state index in [1.54, 1.807) is 31.7 Å². The van der Waals surface area contributed by atoms with Gasteiger partial charge in [-0.05, 0) is 44.2 Å². The molecule has 2 aromatic rings. The summed E-state index contributed by atoms with van der Waals surface area (Å²) in [5.74, 6) is -1.29. The Labute approximate surface area is 155 Å².